The first-order valence-electron chi connectivity index (χ1n) is 6.41. The maximum atomic E-state index is 6.25. The molecule has 1 heterocycles. The van der Waals surface area contributed by atoms with E-state index < -0.39 is 0 Å². The number of benzene rings is 2. The van der Waals surface area contributed by atoms with Crippen molar-refractivity contribution in [1.29, 1.82) is 0 Å². The number of aromatic nitrogens is 1. The fraction of sp³-hybridized carbons (Fsp3) is 0.133. The number of nitrogen functional groups attached to an aromatic ring is 3. The lowest BCUT2D eigenvalue weighted by Gasteiger charge is -2.11. The highest BCUT2D eigenvalue weighted by Gasteiger charge is 2.11. The molecule has 102 valence electrons. The second-order valence-electron chi connectivity index (χ2n) is 4.64. The zero-order valence-electron chi connectivity index (χ0n) is 11.2. The number of nitrogens with zero attached hydrogens (tertiary/aromatic N) is 1. The first-order valence-corrected chi connectivity index (χ1v) is 6.41. The summed E-state index contributed by atoms with van der Waals surface area (Å²) in [5.74, 6) is 0.766. The lowest BCUT2D eigenvalue weighted by atomic mass is 10.1. The van der Waals surface area contributed by atoms with Crippen molar-refractivity contribution in [2.75, 3.05) is 23.8 Å². The van der Waals surface area contributed by atoms with Gasteiger partial charge in [0.1, 0.15) is 5.75 Å². The van der Waals surface area contributed by atoms with Gasteiger partial charge in [0.15, 0.2) is 0 Å². The minimum Gasteiger partial charge on any atom is -0.494 e. The summed E-state index contributed by atoms with van der Waals surface area (Å²) in [6.07, 6.45) is 0. The Morgan fingerprint density at radius 3 is 2.60 bits per heavy atom. The number of anilines is 3. The Labute approximate surface area is 116 Å². The van der Waals surface area contributed by atoms with Crippen molar-refractivity contribution in [1.82, 2.24) is 4.98 Å². The molecule has 0 fully saturated rings. The minimum atomic E-state index is 0.536. The molecule has 5 heteroatoms. The number of hydrogen-bond acceptors (Lipinski definition) is 5. The quantitative estimate of drug-likeness (QED) is 0.490. The summed E-state index contributed by atoms with van der Waals surface area (Å²) in [6.45, 7) is 2.54. The molecular weight excluding hydrogens is 252 g/mol. The Morgan fingerprint density at radius 1 is 1.05 bits per heavy atom. The van der Waals surface area contributed by atoms with E-state index in [2.05, 4.69) is 4.98 Å². The van der Waals surface area contributed by atoms with Gasteiger partial charge in [-0.2, -0.15) is 0 Å². The zero-order chi connectivity index (χ0) is 14.3. The fourth-order valence-electron chi connectivity index (χ4n) is 2.40. The highest BCUT2D eigenvalue weighted by atomic mass is 16.5. The van der Waals surface area contributed by atoms with Crippen molar-refractivity contribution < 1.29 is 4.74 Å². The topological polar surface area (TPSA) is 100 Å². The van der Waals surface area contributed by atoms with Crippen LogP contribution in [0, 0.1) is 0 Å². The van der Waals surface area contributed by atoms with Crippen LogP contribution < -0.4 is 21.9 Å². The SMILES string of the molecule is CCOc1ccc2nc3cc(N)cc(N)c3c(N)c2c1. The molecular formula is C15H16N4O. The van der Waals surface area contributed by atoms with E-state index in [1.54, 1.807) is 12.1 Å². The Bertz CT molecular complexity index is 814. The third-order valence-electron chi connectivity index (χ3n) is 3.25. The molecule has 0 aliphatic rings. The molecule has 0 aliphatic heterocycles. The first-order chi connectivity index (χ1) is 9.60. The molecule has 20 heavy (non-hydrogen) atoms. The van der Waals surface area contributed by atoms with Crippen molar-refractivity contribution in [3.05, 3.63) is 30.3 Å². The Hall–Kier alpha value is -2.69. The minimum absolute atomic E-state index is 0.536. The smallest absolute Gasteiger partial charge is 0.120 e. The molecule has 0 saturated carbocycles. The summed E-state index contributed by atoms with van der Waals surface area (Å²) in [7, 11) is 0. The molecule has 6 N–H and O–H groups in total. The van der Waals surface area contributed by atoms with Crippen LogP contribution in [0.5, 0.6) is 5.75 Å². The van der Waals surface area contributed by atoms with Gasteiger partial charge in [-0.25, -0.2) is 4.98 Å². The zero-order valence-corrected chi connectivity index (χ0v) is 11.2. The molecule has 0 radical (unpaired) electrons. The summed E-state index contributed by atoms with van der Waals surface area (Å²) >= 11 is 0. The number of nitrogens with two attached hydrogens (primary N) is 3. The van der Waals surface area contributed by atoms with E-state index in [1.807, 2.05) is 25.1 Å². The Balaban J connectivity index is 2.39. The second kappa shape index (κ2) is 4.45. The number of hydrogen-bond donors (Lipinski definition) is 3. The molecule has 0 unspecified atom stereocenters. The average molecular weight is 268 g/mol. The Kier molecular flexibility index (Phi) is 2.75. The third kappa shape index (κ3) is 1.84. The van der Waals surface area contributed by atoms with E-state index in [4.69, 9.17) is 21.9 Å². The van der Waals surface area contributed by atoms with Gasteiger partial charge in [0.2, 0.25) is 0 Å². The van der Waals surface area contributed by atoms with Gasteiger partial charge in [-0.15, -0.1) is 0 Å². The maximum Gasteiger partial charge on any atom is 0.120 e. The summed E-state index contributed by atoms with van der Waals surface area (Å²) in [4.78, 5) is 4.57. The molecule has 3 rings (SSSR count). The summed E-state index contributed by atoms with van der Waals surface area (Å²) in [5, 5.41) is 1.57. The highest BCUT2D eigenvalue weighted by Crippen LogP contribution is 2.35. The summed E-state index contributed by atoms with van der Waals surface area (Å²) in [5.41, 5.74) is 21.3. The lowest BCUT2D eigenvalue weighted by Crippen LogP contribution is -1.99. The van der Waals surface area contributed by atoms with E-state index in [0.717, 1.165) is 22.0 Å². The van der Waals surface area contributed by atoms with E-state index in [-0.39, 0.29) is 0 Å². The van der Waals surface area contributed by atoms with Crippen LogP contribution in [-0.4, -0.2) is 11.6 Å². The fourth-order valence-corrected chi connectivity index (χ4v) is 2.40. The average Bonchev–Trinajstić information content (AvgIpc) is 2.39. The molecule has 0 atom stereocenters. The van der Waals surface area contributed by atoms with Gasteiger partial charge < -0.3 is 21.9 Å². The van der Waals surface area contributed by atoms with Crippen LogP contribution in [0.2, 0.25) is 0 Å². The van der Waals surface area contributed by atoms with Crippen LogP contribution in [0.3, 0.4) is 0 Å². The molecule has 0 bridgehead atoms. The molecule has 0 saturated heterocycles. The van der Waals surface area contributed by atoms with E-state index in [1.165, 1.54) is 0 Å². The number of fused-ring (bicyclic) bond motifs is 2. The predicted molar refractivity (Wildman–Crippen MR) is 83.7 cm³/mol. The summed E-state index contributed by atoms with van der Waals surface area (Å²) < 4.78 is 5.50. The number of rotatable bonds is 2. The van der Waals surface area contributed by atoms with Crippen LogP contribution >= 0.6 is 0 Å². The summed E-state index contributed by atoms with van der Waals surface area (Å²) in [6, 6.07) is 9.11. The van der Waals surface area contributed by atoms with E-state index in [0.29, 0.717) is 29.2 Å². The van der Waals surface area contributed by atoms with Crippen LogP contribution in [0.25, 0.3) is 21.8 Å². The van der Waals surface area contributed by atoms with Crippen LogP contribution in [0.15, 0.2) is 30.3 Å². The normalized spacial score (nSPS) is 11.1. The maximum absolute atomic E-state index is 6.25. The predicted octanol–water partition coefficient (Wildman–Crippen LogP) is 2.53. The van der Waals surface area contributed by atoms with E-state index in [9.17, 15) is 0 Å². The molecule has 0 aliphatic carbocycles. The van der Waals surface area contributed by atoms with Crippen molar-refractivity contribution in [2.24, 2.45) is 0 Å². The van der Waals surface area contributed by atoms with Gasteiger partial charge >= 0.3 is 0 Å². The van der Waals surface area contributed by atoms with Crippen molar-refractivity contribution in [2.45, 2.75) is 6.92 Å². The van der Waals surface area contributed by atoms with Gasteiger partial charge in [0.05, 0.1) is 23.3 Å². The van der Waals surface area contributed by atoms with Crippen LogP contribution in [0.1, 0.15) is 6.92 Å². The van der Waals surface area contributed by atoms with E-state index >= 15 is 0 Å². The van der Waals surface area contributed by atoms with Crippen molar-refractivity contribution >= 4 is 38.9 Å². The molecule has 3 aromatic rings. The monoisotopic (exact) mass is 268 g/mol. The largest absolute Gasteiger partial charge is 0.494 e. The van der Waals surface area contributed by atoms with Gasteiger partial charge in [0, 0.05) is 22.1 Å². The molecule has 0 spiro atoms. The first kappa shape index (κ1) is 12.3. The molecule has 5 nitrogen and oxygen atoms in total. The molecule has 0 amide bonds. The van der Waals surface area contributed by atoms with Crippen molar-refractivity contribution in [3.63, 3.8) is 0 Å². The third-order valence-corrected chi connectivity index (χ3v) is 3.25. The van der Waals surface area contributed by atoms with Crippen LogP contribution in [0.4, 0.5) is 17.1 Å². The molecule has 2 aromatic carbocycles. The standard InChI is InChI=1S/C15H16N4O/c1-2-20-9-3-4-12-10(7-9)15(18)14-11(17)5-8(16)6-13(14)19-12/h3-7H,2,16-17H2,1H3,(H2,18,19). The van der Waals surface area contributed by atoms with Gasteiger partial charge in [-0.3, -0.25) is 0 Å². The molecule has 1 aromatic heterocycles. The second-order valence-corrected chi connectivity index (χ2v) is 4.64. The van der Waals surface area contributed by atoms with Crippen LogP contribution in [-0.2, 0) is 0 Å². The number of pyridine rings is 1. The van der Waals surface area contributed by atoms with Gasteiger partial charge in [-0.05, 0) is 37.3 Å². The lowest BCUT2D eigenvalue weighted by molar-refractivity contribution is 0.341. The Morgan fingerprint density at radius 2 is 1.85 bits per heavy atom. The van der Waals surface area contributed by atoms with Gasteiger partial charge in [-0.1, -0.05) is 0 Å². The van der Waals surface area contributed by atoms with Crippen molar-refractivity contribution in [3.8, 4) is 5.75 Å². The highest BCUT2D eigenvalue weighted by molar-refractivity contribution is 6.12. The van der Waals surface area contributed by atoms with Gasteiger partial charge in [0.25, 0.3) is 0 Å². The number of ether oxygens (including phenoxy) is 1.